The second kappa shape index (κ2) is 10.1. The van der Waals surface area contributed by atoms with Gasteiger partial charge in [0.15, 0.2) is 0 Å². The van der Waals surface area contributed by atoms with Crippen LogP contribution in [0.25, 0.3) is 11.3 Å². The summed E-state index contributed by atoms with van der Waals surface area (Å²) in [5.74, 6) is -0.610. The standard InChI is InChI=1S/C25H22N4O4S/c30-25(31)23(15-18-7-3-1-4-8-18)28-24-16-22(26-17-27-24)19-11-13-20(14-12-19)29-34(32,33)21-9-5-2-6-10-21/h1-14,16-17,23,29H,15H2,(H,30,31)(H,26,27,28)/t23-/m0/s1. The number of anilines is 2. The van der Waals surface area contributed by atoms with Gasteiger partial charge in [0.2, 0.25) is 0 Å². The van der Waals surface area contributed by atoms with Crippen molar-refractivity contribution in [2.24, 2.45) is 0 Å². The second-order valence-corrected chi connectivity index (χ2v) is 9.19. The molecule has 0 fully saturated rings. The average molecular weight is 475 g/mol. The van der Waals surface area contributed by atoms with Gasteiger partial charge in [-0.25, -0.2) is 23.2 Å². The van der Waals surface area contributed by atoms with E-state index >= 15 is 0 Å². The number of rotatable bonds is 9. The van der Waals surface area contributed by atoms with Gasteiger partial charge in [0.1, 0.15) is 18.2 Å². The van der Waals surface area contributed by atoms with Crippen molar-refractivity contribution in [3.8, 4) is 11.3 Å². The van der Waals surface area contributed by atoms with Gasteiger partial charge in [-0.15, -0.1) is 0 Å². The van der Waals surface area contributed by atoms with E-state index in [-0.39, 0.29) is 4.90 Å². The number of benzene rings is 3. The van der Waals surface area contributed by atoms with Crippen molar-refractivity contribution in [1.82, 2.24) is 9.97 Å². The third-order valence-corrected chi connectivity index (χ3v) is 6.45. The lowest BCUT2D eigenvalue weighted by molar-refractivity contribution is -0.137. The molecular formula is C25H22N4O4S. The number of carbonyl (C=O) groups is 1. The number of carboxylic acid groups (broad SMARTS) is 1. The number of aliphatic carboxylic acids is 1. The summed E-state index contributed by atoms with van der Waals surface area (Å²) >= 11 is 0. The fourth-order valence-corrected chi connectivity index (χ4v) is 4.42. The predicted molar refractivity (Wildman–Crippen MR) is 130 cm³/mol. The molecule has 0 saturated carbocycles. The molecule has 1 aromatic heterocycles. The maximum Gasteiger partial charge on any atom is 0.326 e. The number of carboxylic acids is 1. The van der Waals surface area contributed by atoms with Crippen LogP contribution in [0.4, 0.5) is 11.5 Å². The molecule has 0 aliphatic heterocycles. The van der Waals surface area contributed by atoms with E-state index in [1.54, 1.807) is 48.5 Å². The number of aromatic nitrogens is 2. The summed E-state index contributed by atoms with van der Waals surface area (Å²) in [6, 6.07) is 25.0. The summed E-state index contributed by atoms with van der Waals surface area (Å²) in [7, 11) is -3.69. The predicted octanol–water partition coefficient (Wildman–Crippen LogP) is 4.05. The van der Waals surface area contributed by atoms with E-state index in [0.29, 0.717) is 23.6 Å². The molecule has 0 unspecified atom stereocenters. The first kappa shape index (κ1) is 22.9. The van der Waals surface area contributed by atoms with E-state index in [1.807, 2.05) is 30.3 Å². The summed E-state index contributed by atoms with van der Waals surface area (Å²) in [6.45, 7) is 0. The molecule has 1 heterocycles. The van der Waals surface area contributed by atoms with Crippen LogP contribution in [-0.4, -0.2) is 35.5 Å². The zero-order valence-corrected chi connectivity index (χ0v) is 18.8. The lowest BCUT2D eigenvalue weighted by Gasteiger charge is -2.15. The highest BCUT2D eigenvalue weighted by Gasteiger charge is 2.19. The molecule has 4 aromatic rings. The van der Waals surface area contributed by atoms with Crippen LogP contribution in [0.1, 0.15) is 5.56 Å². The molecule has 4 rings (SSSR count). The molecule has 0 bridgehead atoms. The van der Waals surface area contributed by atoms with Gasteiger partial charge in [-0.2, -0.15) is 0 Å². The number of nitrogens with zero attached hydrogens (tertiary/aromatic N) is 2. The van der Waals surface area contributed by atoms with Gasteiger partial charge in [0.05, 0.1) is 10.6 Å². The van der Waals surface area contributed by atoms with Gasteiger partial charge in [-0.05, 0) is 29.8 Å². The normalized spacial score (nSPS) is 12.0. The van der Waals surface area contributed by atoms with Crippen LogP contribution >= 0.6 is 0 Å². The Morgan fingerprint density at radius 1 is 0.882 bits per heavy atom. The molecule has 0 spiro atoms. The van der Waals surface area contributed by atoms with Crippen molar-refractivity contribution >= 4 is 27.5 Å². The number of hydrogen-bond acceptors (Lipinski definition) is 6. The van der Waals surface area contributed by atoms with Crippen molar-refractivity contribution in [2.45, 2.75) is 17.4 Å². The van der Waals surface area contributed by atoms with Gasteiger partial charge < -0.3 is 10.4 Å². The maximum absolute atomic E-state index is 12.5. The number of sulfonamides is 1. The zero-order chi connectivity index (χ0) is 24.0. The van der Waals surface area contributed by atoms with Gasteiger partial charge >= 0.3 is 5.97 Å². The van der Waals surface area contributed by atoms with Crippen LogP contribution in [0, 0.1) is 0 Å². The molecule has 34 heavy (non-hydrogen) atoms. The van der Waals surface area contributed by atoms with E-state index < -0.39 is 22.0 Å². The summed E-state index contributed by atoms with van der Waals surface area (Å²) in [5.41, 5.74) is 2.60. The Hall–Kier alpha value is -4.24. The quantitative estimate of drug-likeness (QED) is 0.335. The van der Waals surface area contributed by atoms with Crippen LogP contribution in [0.5, 0.6) is 0 Å². The van der Waals surface area contributed by atoms with Crippen LogP contribution in [-0.2, 0) is 21.2 Å². The van der Waals surface area contributed by atoms with E-state index in [1.165, 1.54) is 18.5 Å². The second-order valence-electron chi connectivity index (χ2n) is 7.51. The summed E-state index contributed by atoms with van der Waals surface area (Å²) in [4.78, 5) is 20.3. The first-order valence-electron chi connectivity index (χ1n) is 10.4. The SMILES string of the molecule is O=C(O)[C@H](Cc1ccccc1)Nc1cc(-c2ccc(NS(=O)(=O)c3ccccc3)cc2)ncn1. The molecule has 9 heteroatoms. The largest absolute Gasteiger partial charge is 0.480 e. The minimum absolute atomic E-state index is 0.175. The molecule has 3 N–H and O–H groups in total. The van der Waals surface area contributed by atoms with Gasteiger partial charge in [0.25, 0.3) is 10.0 Å². The first-order valence-corrected chi connectivity index (χ1v) is 11.9. The first-order chi connectivity index (χ1) is 16.4. The van der Waals surface area contributed by atoms with Gasteiger partial charge in [0, 0.05) is 23.7 Å². The summed E-state index contributed by atoms with van der Waals surface area (Å²) in [6.07, 6.45) is 1.65. The Morgan fingerprint density at radius 2 is 1.53 bits per heavy atom. The third kappa shape index (κ3) is 5.76. The molecule has 0 radical (unpaired) electrons. The fraction of sp³-hybridized carbons (Fsp3) is 0.0800. The minimum atomic E-state index is -3.69. The Morgan fingerprint density at radius 3 is 2.18 bits per heavy atom. The van der Waals surface area contributed by atoms with Gasteiger partial charge in [-0.1, -0.05) is 60.7 Å². The van der Waals surface area contributed by atoms with Crippen LogP contribution in [0.2, 0.25) is 0 Å². The van der Waals surface area contributed by atoms with Crippen LogP contribution in [0.15, 0.2) is 102 Å². The zero-order valence-electron chi connectivity index (χ0n) is 18.0. The molecule has 0 aliphatic carbocycles. The minimum Gasteiger partial charge on any atom is -0.480 e. The van der Waals surface area contributed by atoms with E-state index in [4.69, 9.17) is 0 Å². The van der Waals surface area contributed by atoms with E-state index in [9.17, 15) is 18.3 Å². The van der Waals surface area contributed by atoms with Crippen LogP contribution in [0.3, 0.4) is 0 Å². The van der Waals surface area contributed by atoms with E-state index in [2.05, 4.69) is 20.0 Å². The highest BCUT2D eigenvalue weighted by molar-refractivity contribution is 7.92. The lowest BCUT2D eigenvalue weighted by atomic mass is 10.1. The average Bonchev–Trinajstić information content (AvgIpc) is 2.85. The maximum atomic E-state index is 12.5. The molecule has 3 aromatic carbocycles. The number of hydrogen-bond donors (Lipinski definition) is 3. The highest BCUT2D eigenvalue weighted by atomic mass is 32.2. The van der Waals surface area contributed by atoms with Crippen molar-refractivity contribution in [3.63, 3.8) is 0 Å². The Labute approximate surface area is 197 Å². The lowest BCUT2D eigenvalue weighted by Crippen LogP contribution is -2.31. The Balaban J connectivity index is 1.48. The molecule has 0 aliphatic rings. The summed E-state index contributed by atoms with van der Waals surface area (Å²) < 4.78 is 27.6. The third-order valence-electron chi connectivity index (χ3n) is 5.06. The molecule has 172 valence electrons. The fourth-order valence-electron chi connectivity index (χ4n) is 3.35. The molecule has 8 nitrogen and oxygen atoms in total. The monoisotopic (exact) mass is 474 g/mol. The number of nitrogens with one attached hydrogen (secondary N) is 2. The van der Waals surface area contributed by atoms with Crippen molar-refractivity contribution in [2.75, 3.05) is 10.0 Å². The molecule has 1 atom stereocenters. The Kier molecular flexibility index (Phi) is 6.84. The smallest absolute Gasteiger partial charge is 0.326 e. The van der Waals surface area contributed by atoms with Gasteiger partial charge in [-0.3, -0.25) is 4.72 Å². The molecular weight excluding hydrogens is 452 g/mol. The Bertz CT molecular complexity index is 1360. The van der Waals surface area contributed by atoms with E-state index in [0.717, 1.165) is 11.1 Å². The van der Waals surface area contributed by atoms with Crippen LogP contribution < -0.4 is 10.0 Å². The van der Waals surface area contributed by atoms with Crippen molar-refractivity contribution in [1.29, 1.82) is 0 Å². The highest BCUT2D eigenvalue weighted by Crippen LogP contribution is 2.23. The van der Waals surface area contributed by atoms with Crippen molar-refractivity contribution < 1.29 is 18.3 Å². The molecule has 0 saturated heterocycles. The van der Waals surface area contributed by atoms with Crippen molar-refractivity contribution in [3.05, 3.63) is 103 Å². The topological polar surface area (TPSA) is 121 Å². The summed E-state index contributed by atoms with van der Waals surface area (Å²) in [5, 5.41) is 12.6. The molecule has 0 amide bonds.